The second kappa shape index (κ2) is 4.90. The summed E-state index contributed by atoms with van der Waals surface area (Å²) in [6.07, 6.45) is 2.97. The van der Waals surface area contributed by atoms with Gasteiger partial charge in [-0.15, -0.1) is 0 Å². The maximum absolute atomic E-state index is 4.32. The standard InChI is InChI=1S/C12H9N.Na.H2O.H/c1-2-4-10-9(3-1)5-6-12-11(10)7-8-13-12;;;/h1-6,8H,7H2;;1H2;/q;+1;;-1. The quantitative estimate of drug-likeness (QED) is 0.520. The van der Waals surface area contributed by atoms with Gasteiger partial charge in [-0.3, -0.25) is 4.99 Å². The van der Waals surface area contributed by atoms with Crippen molar-refractivity contribution >= 4 is 22.7 Å². The molecule has 0 saturated carbocycles. The first-order valence-electron chi connectivity index (χ1n) is 4.48. The van der Waals surface area contributed by atoms with Gasteiger partial charge in [-0.2, -0.15) is 0 Å². The molecule has 0 aliphatic carbocycles. The average molecular weight is 209 g/mol. The van der Waals surface area contributed by atoms with Crippen LogP contribution in [0.1, 0.15) is 6.99 Å². The molecule has 0 unspecified atom stereocenters. The van der Waals surface area contributed by atoms with Crippen LogP contribution in [0.3, 0.4) is 0 Å². The van der Waals surface area contributed by atoms with Gasteiger partial charge in [0.25, 0.3) is 0 Å². The molecule has 72 valence electrons. The molecule has 0 radical (unpaired) electrons. The number of fused-ring (bicyclic) bond motifs is 3. The fourth-order valence-corrected chi connectivity index (χ4v) is 1.90. The minimum atomic E-state index is 0. The Morgan fingerprint density at radius 3 is 2.73 bits per heavy atom. The SMILES string of the molecule is C1=Nc2ccc3ccccc3c2C1.O.[H-].[Na+]. The molecule has 3 rings (SSSR count). The summed E-state index contributed by atoms with van der Waals surface area (Å²) in [6, 6.07) is 12.7. The summed E-state index contributed by atoms with van der Waals surface area (Å²) in [5, 5.41) is 2.66. The van der Waals surface area contributed by atoms with E-state index >= 15 is 0 Å². The number of hydrogen-bond acceptors (Lipinski definition) is 1. The summed E-state index contributed by atoms with van der Waals surface area (Å²) in [5.74, 6) is 0. The van der Waals surface area contributed by atoms with Crippen molar-refractivity contribution in [2.75, 3.05) is 0 Å². The zero-order valence-corrected chi connectivity index (χ0v) is 10.7. The summed E-state index contributed by atoms with van der Waals surface area (Å²) >= 11 is 0. The summed E-state index contributed by atoms with van der Waals surface area (Å²) in [7, 11) is 0. The number of benzene rings is 2. The largest absolute Gasteiger partial charge is 1.00 e. The molecule has 0 amide bonds. The molecule has 2 N–H and O–H groups in total. The normalized spacial score (nSPS) is 11.7. The van der Waals surface area contributed by atoms with Gasteiger partial charge in [-0.05, 0) is 22.4 Å². The van der Waals surface area contributed by atoms with E-state index in [2.05, 4.69) is 41.4 Å². The summed E-state index contributed by atoms with van der Waals surface area (Å²) < 4.78 is 0. The number of rotatable bonds is 0. The maximum atomic E-state index is 4.32. The molecule has 0 fully saturated rings. The zero-order valence-electron chi connectivity index (χ0n) is 9.70. The van der Waals surface area contributed by atoms with E-state index in [0.29, 0.717) is 0 Å². The Hall–Kier alpha value is -0.670. The van der Waals surface area contributed by atoms with Gasteiger partial charge in [-0.1, -0.05) is 30.3 Å². The van der Waals surface area contributed by atoms with Crippen molar-refractivity contribution in [1.82, 2.24) is 0 Å². The average Bonchev–Trinajstić information content (AvgIpc) is 2.65. The van der Waals surface area contributed by atoms with Crippen molar-refractivity contribution in [1.29, 1.82) is 0 Å². The van der Waals surface area contributed by atoms with E-state index < -0.39 is 0 Å². The van der Waals surface area contributed by atoms with E-state index in [0.717, 1.165) is 12.1 Å². The van der Waals surface area contributed by atoms with Crippen LogP contribution >= 0.6 is 0 Å². The molecule has 2 aromatic rings. The Morgan fingerprint density at radius 2 is 1.87 bits per heavy atom. The van der Waals surface area contributed by atoms with Crippen LogP contribution < -0.4 is 29.6 Å². The molecule has 2 aromatic carbocycles. The van der Waals surface area contributed by atoms with Gasteiger partial charge in [0.15, 0.2) is 0 Å². The molecule has 0 aromatic heterocycles. The van der Waals surface area contributed by atoms with Crippen LogP contribution in [-0.4, -0.2) is 11.7 Å². The van der Waals surface area contributed by atoms with E-state index in [1.54, 1.807) is 0 Å². The Balaban J connectivity index is 0.000000750. The Morgan fingerprint density at radius 1 is 1.07 bits per heavy atom. The second-order valence-electron chi connectivity index (χ2n) is 3.30. The van der Waals surface area contributed by atoms with Crippen LogP contribution in [0.15, 0.2) is 41.4 Å². The second-order valence-corrected chi connectivity index (χ2v) is 3.30. The first-order valence-corrected chi connectivity index (χ1v) is 4.48. The van der Waals surface area contributed by atoms with Crippen LogP contribution in [0.2, 0.25) is 0 Å². The van der Waals surface area contributed by atoms with Crippen molar-refractivity contribution in [2.45, 2.75) is 6.42 Å². The minimum absolute atomic E-state index is 0. The molecule has 0 spiro atoms. The Labute approximate surface area is 112 Å². The van der Waals surface area contributed by atoms with Crippen molar-refractivity contribution in [2.24, 2.45) is 4.99 Å². The molecule has 1 aliphatic rings. The topological polar surface area (TPSA) is 43.9 Å². The van der Waals surface area contributed by atoms with Crippen LogP contribution in [0.5, 0.6) is 0 Å². The summed E-state index contributed by atoms with van der Waals surface area (Å²) in [6.45, 7) is 0. The van der Waals surface area contributed by atoms with Crippen LogP contribution in [-0.2, 0) is 6.42 Å². The first kappa shape index (κ1) is 12.4. The van der Waals surface area contributed by atoms with Crippen molar-refractivity contribution in [3.8, 4) is 0 Å². The van der Waals surface area contributed by atoms with Gasteiger partial charge in [0, 0.05) is 12.6 Å². The van der Waals surface area contributed by atoms with Crippen molar-refractivity contribution < 1.29 is 36.5 Å². The van der Waals surface area contributed by atoms with Crippen LogP contribution in [0.4, 0.5) is 5.69 Å². The van der Waals surface area contributed by atoms with Crippen LogP contribution in [0, 0.1) is 0 Å². The van der Waals surface area contributed by atoms with Crippen molar-refractivity contribution in [3.63, 3.8) is 0 Å². The van der Waals surface area contributed by atoms with Gasteiger partial charge in [0.05, 0.1) is 5.69 Å². The van der Waals surface area contributed by atoms with E-state index in [1.807, 2.05) is 6.21 Å². The predicted molar refractivity (Wildman–Crippen MR) is 60.5 cm³/mol. The van der Waals surface area contributed by atoms with Gasteiger partial charge in [0.2, 0.25) is 0 Å². The molecule has 0 bridgehead atoms. The maximum Gasteiger partial charge on any atom is 1.00 e. The molecular formula is C12H12NNaO. The molecule has 0 saturated heterocycles. The van der Waals surface area contributed by atoms with E-state index in [-0.39, 0.29) is 36.5 Å². The minimum Gasteiger partial charge on any atom is -1.00 e. The third-order valence-corrected chi connectivity index (χ3v) is 2.54. The van der Waals surface area contributed by atoms with Gasteiger partial charge in [-0.25, -0.2) is 0 Å². The predicted octanol–water partition coefficient (Wildman–Crippen LogP) is -0.610. The molecule has 0 atom stereocenters. The fraction of sp³-hybridized carbons (Fsp3) is 0.0833. The van der Waals surface area contributed by atoms with Gasteiger partial charge in [0.1, 0.15) is 0 Å². The molecule has 1 heterocycles. The number of nitrogens with zero attached hydrogens (tertiary/aromatic N) is 1. The van der Waals surface area contributed by atoms with Gasteiger partial charge < -0.3 is 6.90 Å². The van der Waals surface area contributed by atoms with Crippen LogP contribution in [0.25, 0.3) is 10.8 Å². The third-order valence-electron chi connectivity index (χ3n) is 2.54. The Bertz CT molecular complexity index is 513. The van der Waals surface area contributed by atoms with E-state index in [4.69, 9.17) is 0 Å². The smallest absolute Gasteiger partial charge is 1.00 e. The van der Waals surface area contributed by atoms with Gasteiger partial charge >= 0.3 is 29.6 Å². The molecule has 2 nitrogen and oxygen atoms in total. The molecule has 3 heteroatoms. The molecular weight excluding hydrogens is 197 g/mol. The fourth-order valence-electron chi connectivity index (χ4n) is 1.90. The third kappa shape index (κ3) is 1.99. The first-order chi connectivity index (χ1) is 6.45. The Kier molecular flexibility index (Phi) is 4.05. The van der Waals surface area contributed by atoms with E-state index in [9.17, 15) is 0 Å². The van der Waals surface area contributed by atoms with E-state index in [1.165, 1.54) is 16.3 Å². The number of aliphatic imine (C=N–C) groups is 1. The molecule has 1 aliphatic heterocycles. The number of hydrogen-bond donors (Lipinski definition) is 0. The molecule has 15 heavy (non-hydrogen) atoms. The summed E-state index contributed by atoms with van der Waals surface area (Å²) in [4.78, 5) is 4.32. The van der Waals surface area contributed by atoms with Crippen molar-refractivity contribution in [3.05, 3.63) is 42.0 Å². The zero-order chi connectivity index (χ0) is 8.67. The summed E-state index contributed by atoms with van der Waals surface area (Å²) in [5.41, 5.74) is 2.51. The monoisotopic (exact) mass is 209 g/mol.